The number of carbonyl (C=O) groups excluding carboxylic acids is 2. The molecule has 0 saturated heterocycles. The molecule has 0 radical (unpaired) electrons. The minimum atomic E-state index is -0.344. The summed E-state index contributed by atoms with van der Waals surface area (Å²) in [5.41, 5.74) is 6.42. The van der Waals surface area contributed by atoms with Crippen molar-refractivity contribution in [2.24, 2.45) is 0 Å². The van der Waals surface area contributed by atoms with E-state index in [1.807, 2.05) is 30.3 Å². The molecule has 0 bridgehead atoms. The number of hydrogen-bond acceptors (Lipinski definition) is 3. The molecule has 0 spiro atoms. The van der Waals surface area contributed by atoms with Gasteiger partial charge in [-0.2, -0.15) is 0 Å². The normalized spacial score (nSPS) is 11.6. The van der Waals surface area contributed by atoms with E-state index in [1.165, 1.54) is 0 Å². The predicted molar refractivity (Wildman–Crippen MR) is 97.2 cm³/mol. The molecule has 0 aromatic heterocycles. The first-order valence-electron chi connectivity index (χ1n) is 7.73. The summed E-state index contributed by atoms with van der Waals surface area (Å²) < 4.78 is 1.02. The predicted octanol–water partition coefficient (Wildman–Crippen LogP) is 2.95. The maximum Gasteiger partial charge on any atom is 0.269 e. The first kappa shape index (κ1) is 18.2. The molecule has 2 amide bonds. The van der Waals surface area contributed by atoms with E-state index in [-0.39, 0.29) is 24.4 Å². The molecular weight excluding hydrogens is 370 g/mol. The first-order valence-corrected chi connectivity index (χ1v) is 8.52. The van der Waals surface area contributed by atoms with Crippen LogP contribution in [0.15, 0.2) is 59.1 Å². The highest BCUT2D eigenvalue weighted by atomic mass is 79.9. The molecule has 5 nitrogen and oxygen atoms in total. The monoisotopic (exact) mass is 389 g/mol. The van der Waals surface area contributed by atoms with Gasteiger partial charge in [0.1, 0.15) is 0 Å². The number of hydrazine groups is 1. The van der Waals surface area contributed by atoms with Crippen molar-refractivity contribution in [1.82, 2.24) is 16.2 Å². The number of benzene rings is 2. The SMILES string of the molecule is CC[C@H](NCC(=O)NNC(=O)c1ccccc1)c1ccc(Br)cc1. The van der Waals surface area contributed by atoms with E-state index in [1.54, 1.807) is 24.3 Å². The van der Waals surface area contributed by atoms with Crippen molar-refractivity contribution in [2.45, 2.75) is 19.4 Å². The lowest BCUT2D eigenvalue weighted by atomic mass is 10.0. The second kappa shape index (κ2) is 9.20. The molecule has 2 rings (SSSR count). The third kappa shape index (κ3) is 5.47. The summed E-state index contributed by atoms with van der Waals surface area (Å²) in [5, 5.41) is 3.19. The van der Waals surface area contributed by atoms with E-state index in [4.69, 9.17) is 0 Å². The summed E-state index contributed by atoms with van der Waals surface area (Å²) in [7, 11) is 0. The fraction of sp³-hybridized carbons (Fsp3) is 0.222. The van der Waals surface area contributed by atoms with Crippen LogP contribution < -0.4 is 16.2 Å². The maximum atomic E-state index is 11.9. The Morgan fingerprint density at radius 1 is 1.00 bits per heavy atom. The quantitative estimate of drug-likeness (QED) is 0.665. The van der Waals surface area contributed by atoms with E-state index < -0.39 is 0 Å². The smallest absolute Gasteiger partial charge is 0.269 e. The van der Waals surface area contributed by atoms with Crippen LogP contribution in [0.3, 0.4) is 0 Å². The highest BCUT2D eigenvalue weighted by Gasteiger charge is 2.11. The Morgan fingerprint density at radius 2 is 1.67 bits per heavy atom. The Hall–Kier alpha value is -2.18. The summed E-state index contributed by atoms with van der Waals surface area (Å²) in [4.78, 5) is 23.7. The van der Waals surface area contributed by atoms with Crippen LogP contribution in [0.25, 0.3) is 0 Å². The van der Waals surface area contributed by atoms with Crippen LogP contribution in [-0.4, -0.2) is 18.4 Å². The van der Waals surface area contributed by atoms with Crippen LogP contribution in [0.1, 0.15) is 35.3 Å². The van der Waals surface area contributed by atoms with Crippen molar-refractivity contribution in [3.05, 3.63) is 70.2 Å². The van der Waals surface area contributed by atoms with E-state index in [9.17, 15) is 9.59 Å². The Kier molecular flexibility index (Phi) is 6.96. The van der Waals surface area contributed by atoms with Crippen LogP contribution in [0.5, 0.6) is 0 Å². The molecule has 3 N–H and O–H groups in total. The lowest BCUT2D eigenvalue weighted by Gasteiger charge is -2.17. The van der Waals surface area contributed by atoms with Crippen molar-refractivity contribution in [1.29, 1.82) is 0 Å². The van der Waals surface area contributed by atoms with Crippen molar-refractivity contribution in [3.8, 4) is 0 Å². The lowest BCUT2D eigenvalue weighted by Crippen LogP contribution is -2.45. The molecule has 1 atom stereocenters. The fourth-order valence-electron chi connectivity index (χ4n) is 2.24. The molecule has 6 heteroatoms. The molecule has 0 aliphatic carbocycles. The number of nitrogens with one attached hydrogen (secondary N) is 3. The fourth-order valence-corrected chi connectivity index (χ4v) is 2.51. The van der Waals surface area contributed by atoms with Crippen LogP contribution in [0.4, 0.5) is 0 Å². The zero-order chi connectivity index (χ0) is 17.4. The molecule has 24 heavy (non-hydrogen) atoms. The van der Waals surface area contributed by atoms with Gasteiger partial charge in [-0.25, -0.2) is 0 Å². The highest BCUT2D eigenvalue weighted by Crippen LogP contribution is 2.19. The topological polar surface area (TPSA) is 70.2 Å². The van der Waals surface area contributed by atoms with Crippen molar-refractivity contribution < 1.29 is 9.59 Å². The van der Waals surface area contributed by atoms with Gasteiger partial charge in [-0.1, -0.05) is 53.2 Å². The Bertz CT molecular complexity index is 674. The summed E-state index contributed by atoms with van der Waals surface area (Å²) in [6.45, 7) is 2.17. The van der Waals surface area contributed by atoms with Gasteiger partial charge in [-0.15, -0.1) is 0 Å². The van der Waals surface area contributed by atoms with E-state index in [2.05, 4.69) is 39.0 Å². The van der Waals surface area contributed by atoms with Gasteiger partial charge in [0.2, 0.25) is 0 Å². The largest absolute Gasteiger partial charge is 0.301 e. The zero-order valence-electron chi connectivity index (χ0n) is 13.4. The van der Waals surface area contributed by atoms with Gasteiger partial charge in [0.05, 0.1) is 6.54 Å². The number of hydrogen-bond donors (Lipinski definition) is 3. The van der Waals surface area contributed by atoms with Gasteiger partial charge in [-0.3, -0.25) is 20.4 Å². The number of amides is 2. The summed E-state index contributed by atoms with van der Waals surface area (Å²) in [6, 6.07) is 16.8. The van der Waals surface area contributed by atoms with Crippen molar-refractivity contribution in [3.63, 3.8) is 0 Å². The summed E-state index contributed by atoms with van der Waals surface area (Å²) in [6.07, 6.45) is 0.852. The van der Waals surface area contributed by atoms with Crippen LogP contribution >= 0.6 is 15.9 Å². The molecule has 0 heterocycles. The molecule has 0 aliphatic rings. The molecule has 2 aromatic carbocycles. The molecule has 0 saturated carbocycles. The van der Waals surface area contributed by atoms with Gasteiger partial charge in [0.25, 0.3) is 11.8 Å². The average Bonchev–Trinajstić information content (AvgIpc) is 2.62. The molecule has 2 aromatic rings. The van der Waals surface area contributed by atoms with E-state index in [0.29, 0.717) is 5.56 Å². The Labute approximate surface area is 149 Å². The third-order valence-corrected chi connectivity index (χ3v) is 4.07. The Morgan fingerprint density at radius 3 is 2.29 bits per heavy atom. The van der Waals surface area contributed by atoms with Crippen LogP contribution in [-0.2, 0) is 4.79 Å². The molecule has 0 aliphatic heterocycles. The third-order valence-electron chi connectivity index (χ3n) is 3.54. The Balaban J connectivity index is 1.79. The molecule has 0 unspecified atom stereocenters. The van der Waals surface area contributed by atoms with Gasteiger partial charge < -0.3 is 5.32 Å². The molecule has 0 fully saturated rings. The second-order valence-corrected chi connectivity index (χ2v) is 6.18. The van der Waals surface area contributed by atoms with Gasteiger partial charge >= 0.3 is 0 Å². The maximum absolute atomic E-state index is 11.9. The van der Waals surface area contributed by atoms with Crippen LogP contribution in [0.2, 0.25) is 0 Å². The standard InChI is InChI=1S/C18H20BrN3O2/c1-2-16(13-8-10-15(19)11-9-13)20-12-17(23)21-22-18(24)14-6-4-3-5-7-14/h3-11,16,20H,2,12H2,1H3,(H,21,23)(H,22,24)/t16-/m0/s1. The van der Waals surface area contributed by atoms with Crippen molar-refractivity contribution in [2.75, 3.05) is 6.54 Å². The molecular formula is C18H20BrN3O2. The van der Waals surface area contributed by atoms with E-state index >= 15 is 0 Å². The number of rotatable bonds is 6. The van der Waals surface area contributed by atoms with Gasteiger partial charge in [0, 0.05) is 16.1 Å². The van der Waals surface area contributed by atoms with Crippen molar-refractivity contribution >= 4 is 27.7 Å². The lowest BCUT2D eigenvalue weighted by molar-refractivity contribution is -0.121. The second-order valence-electron chi connectivity index (χ2n) is 5.26. The van der Waals surface area contributed by atoms with Crippen LogP contribution in [0, 0.1) is 0 Å². The highest BCUT2D eigenvalue weighted by molar-refractivity contribution is 9.10. The average molecular weight is 390 g/mol. The first-order chi connectivity index (χ1) is 11.6. The summed E-state index contributed by atoms with van der Waals surface area (Å²) in [5.74, 6) is -0.640. The number of carbonyl (C=O) groups is 2. The minimum Gasteiger partial charge on any atom is -0.301 e. The molecule has 126 valence electrons. The summed E-state index contributed by atoms with van der Waals surface area (Å²) >= 11 is 3.41. The minimum absolute atomic E-state index is 0.0775. The zero-order valence-corrected chi connectivity index (χ0v) is 15.0. The van der Waals surface area contributed by atoms with Gasteiger partial charge in [0.15, 0.2) is 0 Å². The number of halogens is 1. The van der Waals surface area contributed by atoms with Gasteiger partial charge in [-0.05, 0) is 36.2 Å². The van der Waals surface area contributed by atoms with E-state index in [0.717, 1.165) is 16.5 Å².